The predicted molar refractivity (Wildman–Crippen MR) is 117 cm³/mol. The molecule has 4 nitrogen and oxygen atoms in total. The molecule has 0 radical (unpaired) electrons. The summed E-state index contributed by atoms with van der Waals surface area (Å²) in [5.74, 6) is -1.03. The van der Waals surface area contributed by atoms with Crippen molar-refractivity contribution in [2.45, 2.75) is 0 Å². The monoisotopic (exact) mass is 432 g/mol. The molecule has 0 fully saturated rings. The van der Waals surface area contributed by atoms with Crippen LogP contribution in [0.5, 0.6) is 11.5 Å². The highest BCUT2D eigenvalue weighted by Crippen LogP contribution is 2.36. The Hall–Kier alpha value is -4.06. The van der Waals surface area contributed by atoms with E-state index in [4.69, 9.17) is 9.47 Å². The van der Waals surface area contributed by atoms with Crippen molar-refractivity contribution in [1.82, 2.24) is 0 Å². The minimum Gasteiger partial charge on any atom is -0.496 e. The minimum absolute atomic E-state index is 0.243. The molecule has 0 aromatic heterocycles. The number of benzene rings is 4. The second kappa shape index (κ2) is 8.59. The Morgan fingerprint density at radius 3 is 1.22 bits per heavy atom. The van der Waals surface area contributed by atoms with Gasteiger partial charge < -0.3 is 9.47 Å². The third kappa shape index (κ3) is 3.71. The first kappa shape index (κ1) is 21.2. The number of rotatable bonds is 6. The fourth-order valence-corrected chi connectivity index (χ4v) is 3.67. The first-order chi connectivity index (χ1) is 15.4. The lowest BCUT2D eigenvalue weighted by Crippen LogP contribution is -2.09. The maximum absolute atomic E-state index is 13.4. The number of halogens is 2. The molecular formula is C26H18F2O4. The Kier molecular flexibility index (Phi) is 5.69. The molecule has 6 heteroatoms. The Morgan fingerprint density at radius 1 is 0.562 bits per heavy atom. The number of fused-ring (bicyclic) bond motifs is 1. The number of carbonyl (C=O) groups excluding carboxylic acids is 2. The van der Waals surface area contributed by atoms with Crippen LogP contribution < -0.4 is 9.47 Å². The maximum atomic E-state index is 13.4. The van der Waals surface area contributed by atoms with Gasteiger partial charge in [0.25, 0.3) is 0 Å². The van der Waals surface area contributed by atoms with E-state index in [-0.39, 0.29) is 33.8 Å². The Morgan fingerprint density at radius 2 is 0.906 bits per heavy atom. The molecule has 0 aliphatic heterocycles. The summed E-state index contributed by atoms with van der Waals surface area (Å²) in [7, 11) is 2.88. The molecule has 0 spiro atoms. The highest BCUT2D eigenvalue weighted by atomic mass is 19.1. The molecule has 160 valence electrons. The molecule has 0 bridgehead atoms. The van der Waals surface area contributed by atoms with Gasteiger partial charge in [-0.2, -0.15) is 0 Å². The van der Waals surface area contributed by atoms with E-state index < -0.39 is 11.6 Å². The molecule has 4 aromatic carbocycles. The lowest BCUT2D eigenvalue weighted by molar-refractivity contribution is 0.102. The zero-order valence-electron chi connectivity index (χ0n) is 17.3. The number of ether oxygens (including phenoxy) is 2. The number of methoxy groups -OCH3 is 2. The average molecular weight is 432 g/mol. The number of carbonyl (C=O) groups is 2. The van der Waals surface area contributed by atoms with Gasteiger partial charge in [-0.05, 0) is 83.6 Å². The van der Waals surface area contributed by atoms with E-state index in [0.29, 0.717) is 22.3 Å². The molecule has 0 amide bonds. The third-order valence-electron chi connectivity index (χ3n) is 5.23. The zero-order chi connectivity index (χ0) is 22.8. The van der Waals surface area contributed by atoms with Crippen LogP contribution in [0.15, 0.2) is 72.8 Å². The smallest absolute Gasteiger partial charge is 0.197 e. The van der Waals surface area contributed by atoms with Gasteiger partial charge in [0.1, 0.15) is 23.1 Å². The number of ketones is 2. The molecule has 0 aliphatic rings. The molecule has 0 saturated heterocycles. The summed E-state index contributed by atoms with van der Waals surface area (Å²) in [6.07, 6.45) is 0. The molecule has 4 aromatic rings. The summed E-state index contributed by atoms with van der Waals surface area (Å²) in [5, 5.41) is 0.954. The summed E-state index contributed by atoms with van der Waals surface area (Å²) in [4.78, 5) is 26.7. The summed E-state index contributed by atoms with van der Waals surface area (Å²) in [5.41, 5.74) is 1.04. The van der Waals surface area contributed by atoms with Crippen molar-refractivity contribution in [2.24, 2.45) is 0 Å². The zero-order valence-corrected chi connectivity index (χ0v) is 17.3. The molecule has 0 unspecified atom stereocenters. The van der Waals surface area contributed by atoms with Gasteiger partial charge in [-0.15, -0.1) is 0 Å². The van der Waals surface area contributed by atoms with Gasteiger partial charge in [-0.3, -0.25) is 9.59 Å². The minimum atomic E-state index is -0.455. The largest absolute Gasteiger partial charge is 0.496 e. The van der Waals surface area contributed by atoms with Gasteiger partial charge in [-0.25, -0.2) is 8.78 Å². The first-order valence-corrected chi connectivity index (χ1v) is 9.73. The van der Waals surface area contributed by atoms with E-state index in [1.54, 1.807) is 24.3 Å². The maximum Gasteiger partial charge on any atom is 0.197 e. The summed E-state index contributed by atoms with van der Waals surface area (Å²) in [6, 6.07) is 16.9. The second-order valence-electron chi connectivity index (χ2n) is 7.05. The molecule has 0 aliphatic carbocycles. The van der Waals surface area contributed by atoms with E-state index in [1.165, 1.54) is 62.8 Å². The Labute approximate surface area is 183 Å². The fraction of sp³-hybridized carbons (Fsp3) is 0.0769. The molecule has 0 heterocycles. The molecule has 4 rings (SSSR count). The van der Waals surface area contributed by atoms with Crippen LogP contribution in [0.1, 0.15) is 31.8 Å². The average Bonchev–Trinajstić information content (AvgIpc) is 2.82. The van der Waals surface area contributed by atoms with Crippen molar-refractivity contribution >= 4 is 22.3 Å². The summed E-state index contributed by atoms with van der Waals surface area (Å²) < 4.78 is 37.5. The molecule has 0 atom stereocenters. The van der Waals surface area contributed by atoms with Crippen molar-refractivity contribution in [3.05, 3.63) is 107 Å². The van der Waals surface area contributed by atoms with Crippen LogP contribution in [0.4, 0.5) is 8.78 Å². The van der Waals surface area contributed by atoms with Gasteiger partial charge >= 0.3 is 0 Å². The molecular weight excluding hydrogens is 414 g/mol. The van der Waals surface area contributed by atoms with Crippen LogP contribution in [0.3, 0.4) is 0 Å². The highest BCUT2D eigenvalue weighted by molar-refractivity contribution is 6.23. The normalized spacial score (nSPS) is 10.8. The van der Waals surface area contributed by atoms with Crippen LogP contribution >= 0.6 is 0 Å². The van der Waals surface area contributed by atoms with Crippen molar-refractivity contribution in [1.29, 1.82) is 0 Å². The van der Waals surface area contributed by atoms with Gasteiger partial charge in [0.2, 0.25) is 0 Å². The van der Waals surface area contributed by atoms with E-state index in [1.807, 2.05) is 0 Å². The lowest BCUT2D eigenvalue weighted by Gasteiger charge is -2.16. The van der Waals surface area contributed by atoms with E-state index in [9.17, 15) is 18.4 Å². The van der Waals surface area contributed by atoms with Crippen molar-refractivity contribution < 1.29 is 27.8 Å². The number of hydrogen-bond donors (Lipinski definition) is 0. The van der Waals surface area contributed by atoms with Crippen LogP contribution in [0.2, 0.25) is 0 Å². The van der Waals surface area contributed by atoms with Crippen LogP contribution in [0.25, 0.3) is 10.8 Å². The van der Waals surface area contributed by atoms with Crippen LogP contribution in [-0.2, 0) is 0 Å². The summed E-state index contributed by atoms with van der Waals surface area (Å²) in [6.45, 7) is 0. The second-order valence-corrected chi connectivity index (χ2v) is 7.05. The number of hydrogen-bond acceptors (Lipinski definition) is 4. The molecule has 0 saturated carbocycles. The SMILES string of the molecule is COc1ccc2c(C(=O)c3ccc(F)cc3)c(OC)ccc2c1C(=O)c1ccc(F)cc1. The Balaban J connectivity index is 1.97. The van der Waals surface area contributed by atoms with Crippen LogP contribution in [0, 0.1) is 11.6 Å². The summed E-state index contributed by atoms with van der Waals surface area (Å²) >= 11 is 0. The fourth-order valence-electron chi connectivity index (χ4n) is 3.67. The van der Waals surface area contributed by atoms with E-state index in [2.05, 4.69) is 0 Å². The molecule has 32 heavy (non-hydrogen) atoms. The first-order valence-electron chi connectivity index (χ1n) is 9.73. The van der Waals surface area contributed by atoms with Gasteiger partial charge in [0.05, 0.1) is 25.3 Å². The third-order valence-corrected chi connectivity index (χ3v) is 5.23. The highest BCUT2D eigenvalue weighted by Gasteiger charge is 2.24. The van der Waals surface area contributed by atoms with Gasteiger partial charge in [0.15, 0.2) is 11.6 Å². The van der Waals surface area contributed by atoms with Crippen molar-refractivity contribution in [2.75, 3.05) is 14.2 Å². The van der Waals surface area contributed by atoms with Crippen molar-refractivity contribution in [3.63, 3.8) is 0 Å². The van der Waals surface area contributed by atoms with Crippen molar-refractivity contribution in [3.8, 4) is 11.5 Å². The quantitative estimate of drug-likeness (QED) is 0.373. The van der Waals surface area contributed by atoms with E-state index in [0.717, 1.165) is 0 Å². The van der Waals surface area contributed by atoms with E-state index >= 15 is 0 Å². The van der Waals surface area contributed by atoms with Gasteiger partial charge in [0, 0.05) is 11.1 Å². The molecule has 0 N–H and O–H groups in total. The lowest BCUT2D eigenvalue weighted by atomic mass is 9.91. The van der Waals surface area contributed by atoms with Gasteiger partial charge in [-0.1, -0.05) is 0 Å². The predicted octanol–water partition coefficient (Wildman–Crippen LogP) is 5.60. The van der Waals surface area contributed by atoms with Crippen LogP contribution in [-0.4, -0.2) is 25.8 Å². The standard InChI is InChI=1S/C26H18F2O4/c1-31-21-13-11-20-19(23(21)25(29)15-3-7-17(27)8-4-15)12-14-22(32-2)24(20)26(30)16-5-9-18(28)10-6-16/h3-14H,1-2H3. The Bertz CT molecular complexity index is 1220. The topological polar surface area (TPSA) is 52.6 Å².